The summed E-state index contributed by atoms with van der Waals surface area (Å²) in [4.78, 5) is 4.63. The number of aromatic nitrogens is 1. The Labute approximate surface area is 214 Å². The van der Waals surface area contributed by atoms with Crippen LogP contribution in [-0.2, 0) is 19.9 Å². The zero-order chi connectivity index (χ0) is 25.8. The normalized spacial score (nSPS) is 12.7. The average Bonchev–Trinajstić information content (AvgIpc) is 3.09. The van der Waals surface area contributed by atoms with Gasteiger partial charge in [0.05, 0.1) is 22.1 Å². The highest BCUT2D eigenvalue weighted by molar-refractivity contribution is 7.93. The molecule has 2 heterocycles. The number of pyridine rings is 1. The molecule has 0 fully saturated rings. The van der Waals surface area contributed by atoms with Crippen LogP contribution >= 0.6 is 23.2 Å². The lowest BCUT2D eigenvalue weighted by molar-refractivity contribution is 0.465. The summed E-state index contributed by atoms with van der Waals surface area (Å²) in [6.07, 6.45) is 0.935. The van der Waals surface area contributed by atoms with E-state index in [0.29, 0.717) is 32.4 Å². The molecule has 11 heteroatoms. The monoisotopic (exact) mass is 552 g/mol. The van der Waals surface area contributed by atoms with Crippen molar-refractivity contribution >= 4 is 59.8 Å². The third-order valence-electron chi connectivity index (χ3n) is 5.27. The Morgan fingerprint density at radius 2 is 1.54 bits per heavy atom. The van der Waals surface area contributed by atoms with Crippen molar-refractivity contribution in [3.63, 3.8) is 0 Å². The van der Waals surface area contributed by atoms with Crippen LogP contribution in [0.4, 0.5) is 5.69 Å². The number of sulfonamides is 1. The molecule has 0 aliphatic carbocycles. The lowest BCUT2D eigenvalue weighted by Gasteiger charge is -2.18. The SMILES string of the molecule is CC(C)(C)S(=O)(=O)c1oc2nc(-c3ccccc3Cl)c(-c3ccc(Cl)cc3)cc2c1NS(C)(=O)=O. The van der Waals surface area contributed by atoms with Gasteiger partial charge in [0.2, 0.25) is 30.7 Å². The molecular weight excluding hydrogens is 531 g/mol. The molecule has 0 bridgehead atoms. The molecule has 0 unspecified atom stereocenters. The number of benzene rings is 2. The molecule has 184 valence electrons. The number of halogens is 2. The quantitative estimate of drug-likeness (QED) is 0.306. The van der Waals surface area contributed by atoms with Crippen molar-refractivity contribution < 1.29 is 21.3 Å². The molecule has 2 aromatic carbocycles. The molecule has 0 saturated carbocycles. The van der Waals surface area contributed by atoms with Crippen molar-refractivity contribution in [1.82, 2.24) is 4.98 Å². The maximum atomic E-state index is 13.3. The van der Waals surface area contributed by atoms with E-state index in [9.17, 15) is 16.8 Å². The first-order valence-corrected chi connectivity index (χ1v) is 14.5. The molecule has 0 radical (unpaired) electrons. The molecule has 0 aliphatic heterocycles. The Morgan fingerprint density at radius 3 is 2.11 bits per heavy atom. The first kappa shape index (κ1) is 25.5. The highest BCUT2D eigenvalue weighted by Gasteiger charge is 2.38. The summed E-state index contributed by atoms with van der Waals surface area (Å²) in [6.45, 7) is 4.50. The second-order valence-electron chi connectivity index (χ2n) is 8.98. The molecular formula is C24H22Cl2N2O5S2. The van der Waals surface area contributed by atoms with Crippen molar-refractivity contribution in [2.24, 2.45) is 0 Å². The van der Waals surface area contributed by atoms with Crippen molar-refractivity contribution in [1.29, 1.82) is 0 Å². The first-order valence-electron chi connectivity index (χ1n) is 10.4. The van der Waals surface area contributed by atoms with Crippen LogP contribution in [0.1, 0.15) is 20.8 Å². The fraction of sp³-hybridized carbons (Fsp3) is 0.208. The van der Waals surface area contributed by atoms with Gasteiger partial charge >= 0.3 is 0 Å². The summed E-state index contributed by atoms with van der Waals surface area (Å²) in [6, 6.07) is 15.7. The second kappa shape index (κ2) is 8.81. The van der Waals surface area contributed by atoms with Crippen molar-refractivity contribution in [3.05, 3.63) is 64.6 Å². The lowest BCUT2D eigenvalue weighted by atomic mass is 9.98. The van der Waals surface area contributed by atoms with E-state index in [4.69, 9.17) is 27.6 Å². The van der Waals surface area contributed by atoms with E-state index in [1.807, 2.05) is 0 Å². The average molecular weight is 553 g/mol. The number of nitrogens with one attached hydrogen (secondary N) is 1. The van der Waals surface area contributed by atoms with Crippen LogP contribution in [0.15, 0.2) is 64.1 Å². The van der Waals surface area contributed by atoms with Gasteiger partial charge in [0, 0.05) is 21.2 Å². The minimum atomic E-state index is -4.09. The Balaban J connectivity index is 2.14. The summed E-state index contributed by atoms with van der Waals surface area (Å²) in [5, 5.41) is 0.650. The summed E-state index contributed by atoms with van der Waals surface area (Å²) < 4.78 is 57.9. The van der Waals surface area contributed by atoms with Crippen molar-refractivity contribution in [3.8, 4) is 22.4 Å². The van der Waals surface area contributed by atoms with Gasteiger partial charge in [-0.3, -0.25) is 4.72 Å². The fourth-order valence-corrected chi connectivity index (χ4v) is 5.62. The smallest absolute Gasteiger partial charge is 0.245 e. The number of fused-ring (bicyclic) bond motifs is 1. The Kier molecular flexibility index (Phi) is 6.42. The Hall–Kier alpha value is -2.59. The van der Waals surface area contributed by atoms with Crippen LogP contribution in [0.25, 0.3) is 33.5 Å². The predicted octanol–water partition coefficient (Wildman–Crippen LogP) is 6.41. The van der Waals surface area contributed by atoms with Crippen LogP contribution in [-0.4, -0.2) is 32.8 Å². The van der Waals surface area contributed by atoms with Gasteiger partial charge in [-0.2, -0.15) is 0 Å². The molecule has 0 amide bonds. The molecule has 0 saturated heterocycles. The molecule has 0 atom stereocenters. The zero-order valence-electron chi connectivity index (χ0n) is 19.3. The fourth-order valence-electron chi connectivity index (χ4n) is 3.46. The number of furan rings is 1. The van der Waals surface area contributed by atoms with Gasteiger partial charge in [-0.15, -0.1) is 0 Å². The maximum Gasteiger partial charge on any atom is 0.245 e. The summed E-state index contributed by atoms with van der Waals surface area (Å²) >= 11 is 12.5. The molecule has 35 heavy (non-hydrogen) atoms. The molecule has 2 aromatic heterocycles. The van der Waals surface area contributed by atoms with E-state index >= 15 is 0 Å². The van der Waals surface area contributed by atoms with Crippen LogP contribution in [0.3, 0.4) is 0 Å². The van der Waals surface area contributed by atoms with Crippen LogP contribution in [0, 0.1) is 0 Å². The van der Waals surface area contributed by atoms with Crippen molar-refractivity contribution in [2.75, 3.05) is 11.0 Å². The number of nitrogens with zero attached hydrogens (tertiary/aromatic N) is 1. The highest BCUT2D eigenvalue weighted by atomic mass is 35.5. The highest BCUT2D eigenvalue weighted by Crippen LogP contribution is 2.43. The minimum Gasteiger partial charge on any atom is -0.424 e. The number of hydrogen-bond donors (Lipinski definition) is 1. The van der Waals surface area contributed by atoms with Gasteiger partial charge in [-0.1, -0.05) is 53.5 Å². The van der Waals surface area contributed by atoms with E-state index in [2.05, 4.69) is 9.71 Å². The van der Waals surface area contributed by atoms with Gasteiger partial charge in [0.1, 0.15) is 5.69 Å². The molecule has 0 spiro atoms. The molecule has 1 N–H and O–H groups in total. The van der Waals surface area contributed by atoms with E-state index in [1.54, 1.807) is 54.6 Å². The van der Waals surface area contributed by atoms with E-state index < -0.39 is 29.7 Å². The van der Waals surface area contributed by atoms with Gasteiger partial charge in [-0.05, 0) is 50.6 Å². The number of anilines is 1. The standard InChI is InChI=1S/C24H22Cl2N2O5S2/c1-24(2,3)35(31,32)23-21(28-34(4,29)30)18-13-17(14-9-11-15(25)12-10-14)20(27-22(18)33-23)16-7-5-6-8-19(16)26/h5-13,28H,1-4H3. The van der Waals surface area contributed by atoms with Crippen LogP contribution in [0.2, 0.25) is 10.0 Å². The Morgan fingerprint density at radius 1 is 0.914 bits per heavy atom. The van der Waals surface area contributed by atoms with Crippen molar-refractivity contribution in [2.45, 2.75) is 30.6 Å². The molecule has 7 nitrogen and oxygen atoms in total. The third-order valence-corrected chi connectivity index (χ3v) is 8.82. The molecule has 4 rings (SSSR count). The zero-order valence-corrected chi connectivity index (χ0v) is 22.4. The topological polar surface area (TPSA) is 106 Å². The third kappa shape index (κ3) is 4.91. The second-order valence-corrected chi connectivity index (χ2v) is 14.2. The predicted molar refractivity (Wildman–Crippen MR) is 140 cm³/mol. The lowest BCUT2D eigenvalue weighted by Crippen LogP contribution is -2.28. The van der Waals surface area contributed by atoms with Crippen LogP contribution in [0.5, 0.6) is 0 Å². The number of hydrogen-bond acceptors (Lipinski definition) is 6. The van der Waals surface area contributed by atoms with E-state index in [0.717, 1.165) is 6.26 Å². The number of sulfone groups is 1. The van der Waals surface area contributed by atoms with E-state index in [1.165, 1.54) is 20.8 Å². The van der Waals surface area contributed by atoms with Gasteiger partial charge in [0.15, 0.2) is 0 Å². The summed E-state index contributed by atoms with van der Waals surface area (Å²) in [5.74, 6) is 0. The maximum absolute atomic E-state index is 13.3. The summed E-state index contributed by atoms with van der Waals surface area (Å²) in [5.41, 5.74) is 2.09. The molecule has 4 aromatic rings. The Bertz CT molecular complexity index is 1650. The van der Waals surface area contributed by atoms with Gasteiger partial charge in [-0.25, -0.2) is 21.8 Å². The van der Waals surface area contributed by atoms with Gasteiger partial charge in [0.25, 0.3) is 0 Å². The largest absolute Gasteiger partial charge is 0.424 e. The van der Waals surface area contributed by atoms with E-state index in [-0.39, 0.29) is 16.8 Å². The number of rotatable bonds is 5. The summed E-state index contributed by atoms with van der Waals surface area (Å²) in [7, 11) is -7.95. The molecule has 0 aliphatic rings. The van der Waals surface area contributed by atoms with Crippen LogP contribution < -0.4 is 4.72 Å². The first-order chi connectivity index (χ1) is 16.2. The van der Waals surface area contributed by atoms with Gasteiger partial charge < -0.3 is 4.42 Å². The minimum absolute atomic E-state index is 0.0494.